The topological polar surface area (TPSA) is 58.2 Å². The van der Waals surface area contributed by atoms with E-state index in [1.807, 2.05) is 0 Å². The Hall–Kier alpha value is -1.52. The number of nitrogens with one attached hydrogen (secondary N) is 1. The number of carbonyl (C=O) groups excluding carboxylic acids is 1. The molecule has 1 N–H and O–H groups in total. The Morgan fingerprint density at radius 3 is 3.25 bits per heavy atom. The minimum absolute atomic E-state index is 0.0363. The fourth-order valence-electron chi connectivity index (χ4n) is 1.92. The Morgan fingerprint density at radius 2 is 2.50 bits per heavy atom. The van der Waals surface area contributed by atoms with Crippen LogP contribution >= 0.6 is 0 Å². The zero-order valence-electron chi connectivity index (χ0n) is 9.69. The molecule has 2 heterocycles. The maximum Gasteiger partial charge on any atom is 0.233 e. The maximum atomic E-state index is 12.1. The summed E-state index contributed by atoms with van der Waals surface area (Å²) in [5, 5.41) is 6.63. The second-order valence-corrected chi connectivity index (χ2v) is 4.13. The third kappa shape index (κ3) is 1.89. The number of unbranched alkanes of at least 4 members (excludes halogenated alkanes) is 1. The molecule has 0 aliphatic carbocycles. The standard InChI is InChI=1S/C11H17N3O2/c1-3-4-5-8-7-16-10-9(6-12-13-10)14(2)11(8)15/h6,8H,3-5,7H2,1-2H3,(H,12,13)/t8-/m0/s1. The Labute approximate surface area is 94.8 Å². The Morgan fingerprint density at radius 1 is 1.69 bits per heavy atom. The number of nitrogens with zero attached hydrogens (tertiary/aromatic N) is 2. The van der Waals surface area contributed by atoms with Gasteiger partial charge in [-0.1, -0.05) is 19.8 Å². The van der Waals surface area contributed by atoms with Crippen molar-refractivity contribution in [2.75, 3.05) is 18.6 Å². The number of hydrogen-bond donors (Lipinski definition) is 1. The summed E-state index contributed by atoms with van der Waals surface area (Å²) in [6.07, 6.45) is 4.66. The van der Waals surface area contributed by atoms with Crippen LogP contribution in [0.25, 0.3) is 0 Å². The molecule has 5 heteroatoms. The number of fused-ring (bicyclic) bond motifs is 1. The molecule has 1 aromatic rings. The van der Waals surface area contributed by atoms with Gasteiger partial charge in [0, 0.05) is 7.05 Å². The Balaban J connectivity index is 2.14. The predicted molar refractivity (Wildman–Crippen MR) is 60.5 cm³/mol. The van der Waals surface area contributed by atoms with Crippen LogP contribution in [0.15, 0.2) is 6.20 Å². The average molecular weight is 223 g/mol. The van der Waals surface area contributed by atoms with Crippen LogP contribution in [0.4, 0.5) is 5.69 Å². The first-order chi connectivity index (χ1) is 7.74. The van der Waals surface area contributed by atoms with Crippen molar-refractivity contribution in [1.82, 2.24) is 10.2 Å². The molecule has 2 rings (SSSR count). The summed E-state index contributed by atoms with van der Waals surface area (Å²) < 4.78 is 5.56. The van der Waals surface area contributed by atoms with Gasteiger partial charge in [0.2, 0.25) is 11.8 Å². The number of H-pyrrole nitrogens is 1. The zero-order chi connectivity index (χ0) is 11.5. The second-order valence-electron chi connectivity index (χ2n) is 4.13. The molecule has 16 heavy (non-hydrogen) atoms. The van der Waals surface area contributed by atoms with Crippen LogP contribution < -0.4 is 9.64 Å². The van der Waals surface area contributed by atoms with Crippen molar-refractivity contribution in [3.8, 4) is 5.88 Å². The molecule has 1 atom stereocenters. The molecule has 0 saturated heterocycles. The lowest BCUT2D eigenvalue weighted by Crippen LogP contribution is -2.33. The van der Waals surface area contributed by atoms with Gasteiger partial charge in [-0.25, -0.2) is 5.10 Å². The van der Waals surface area contributed by atoms with Crippen LogP contribution in [0.5, 0.6) is 5.88 Å². The van der Waals surface area contributed by atoms with Gasteiger partial charge in [-0.2, -0.15) is 5.10 Å². The lowest BCUT2D eigenvalue weighted by atomic mass is 10.0. The normalized spacial score (nSPS) is 20.2. The van der Waals surface area contributed by atoms with Crippen LogP contribution in [-0.2, 0) is 4.79 Å². The number of ether oxygens (including phenoxy) is 1. The van der Waals surface area contributed by atoms with Crippen molar-refractivity contribution >= 4 is 11.6 Å². The molecule has 0 spiro atoms. The zero-order valence-corrected chi connectivity index (χ0v) is 9.69. The van der Waals surface area contributed by atoms with Gasteiger partial charge in [-0.3, -0.25) is 4.79 Å². The molecule has 0 unspecified atom stereocenters. The van der Waals surface area contributed by atoms with Gasteiger partial charge in [-0.15, -0.1) is 0 Å². The van der Waals surface area contributed by atoms with Crippen LogP contribution in [-0.4, -0.2) is 29.8 Å². The highest BCUT2D eigenvalue weighted by Gasteiger charge is 2.29. The number of rotatable bonds is 3. The number of aromatic amines is 1. The number of amides is 1. The van der Waals surface area contributed by atoms with Crippen molar-refractivity contribution < 1.29 is 9.53 Å². The van der Waals surface area contributed by atoms with Crippen molar-refractivity contribution in [2.24, 2.45) is 5.92 Å². The van der Waals surface area contributed by atoms with Gasteiger partial charge in [0.25, 0.3) is 0 Å². The van der Waals surface area contributed by atoms with Crippen molar-refractivity contribution in [1.29, 1.82) is 0 Å². The molecule has 0 radical (unpaired) electrons. The summed E-state index contributed by atoms with van der Waals surface area (Å²) in [4.78, 5) is 13.7. The van der Waals surface area contributed by atoms with Crippen molar-refractivity contribution in [3.63, 3.8) is 0 Å². The largest absolute Gasteiger partial charge is 0.476 e. The monoisotopic (exact) mass is 223 g/mol. The van der Waals surface area contributed by atoms with Gasteiger partial charge in [-0.05, 0) is 6.42 Å². The molecular weight excluding hydrogens is 206 g/mol. The highest BCUT2D eigenvalue weighted by Crippen LogP contribution is 2.30. The number of carbonyl (C=O) groups is 1. The third-order valence-electron chi connectivity index (χ3n) is 2.96. The highest BCUT2D eigenvalue weighted by molar-refractivity contribution is 5.96. The minimum atomic E-state index is -0.0363. The molecule has 0 fully saturated rings. The van der Waals surface area contributed by atoms with Crippen LogP contribution in [0.3, 0.4) is 0 Å². The molecular formula is C11H17N3O2. The number of anilines is 1. The first-order valence-electron chi connectivity index (χ1n) is 5.67. The average Bonchev–Trinajstić information content (AvgIpc) is 2.72. The highest BCUT2D eigenvalue weighted by atomic mass is 16.5. The molecule has 1 aliphatic heterocycles. The predicted octanol–water partition coefficient (Wildman–Crippen LogP) is 1.57. The molecule has 5 nitrogen and oxygen atoms in total. The quantitative estimate of drug-likeness (QED) is 0.846. The van der Waals surface area contributed by atoms with Crippen LogP contribution in [0.1, 0.15) is 26.2 Å². The van der Waals surface area contributed by atoms with E-state index >= 15 is 0 Å². The van der Waals surface area contributed by atoms with E-state index in [4.69, 9.17) is 4.74 Å². The molecule has 88 valence electrons. The van der Waals surface area contributed by atoms with E-state index in [9.17, 15) is 4.79 Å². The minimum Gasteiger partial charge on any atom is -0.476 e. The first-order valence-corrected chi connectivity index (χ1v) is 5.67. The molecule has 0 saturated carbocycles. The molecule has 0 aromatic carbocycles. The third-order valence-corrected chi connectivity index (χ3v) is 2.96. The van der Waals surface area contributed by atoms with Gasteiger partial charge < -0.3 is 9.64 Å². The summed E-state index contributed by atoms with van der Waals surface area (Å²) in [7, 11) is 1.77. The molecule has 1 aromatic heterocycles. The molecule has 1 aliphatic rings. The summed E-state index contributed by atoms with van der Waals surface area (Å²) in [5.41, 5.74) is 0.726. The van der Waals surface area contributed by atoms with Gasteiger partial charge in [0.05, 0.1) is 12.1 Å². The lowest BCUT2D eigenvalue weighted by molar-refractivity contribution is -0.122. The molecule has 1 amide bonds. The number of hydrogen-bond acceptors (Lipinski definition) is 3. The molecule has 0 bridgehead atoms. The summed E-state index contributed by atoms with van der Waals surface area (Å²) in [6, 6.07) is 0. The van der Waals surface area contributed by atoms with E-state index < -0.39 is 0 Å². The van der Waals surface area contributed by atoms with Gasteiger partial charge in [0.1, 0.15) is 12.3 Å². The fraction of sp³-hybridized carbons (Fsp3) is 0.636. The van der Waals surface area contributed by atoms with Gasteiger partial charge >= 0.3 is 0 Å². The smallest absolute Gasteiger partial charge is 0.233 e. The van der Waals surface area contributed by atoms with Gasteiger partial charge in [0.15, 0.2) is 0 Å². The number of aromatic nitrogens is 2. The Bertz CT molecular complexity index is 375. The van der Waals surface area contributed by atoms with E-state index in [0.717, 1.165) is 24.9 Å². The second kappa shape index (κ2) is 4.55. The summed E-state index contributed by atoms with van der Waals surface area (Å²) >= 11 is 0. The van der Waals surface area contributed by atoms with E-state index in [0.29, 0.717) is 12.5 Å². The summed E-state index contributed by atoms with van der Waals surface area (Å²) in [5.74, 6) is 0.675. The van der Waals surface area contributed by atoms with Crippen molar-refractivity contribution in [3.05, 3.63) is 6.20 Å². The Kier molecular flexibility index (Phi) is 3.12. The van der Waals surface area contributed by atoms with E-state index in [1.54, 1.807) is 18.1 Å². The maximum absolute atomic E-state index is 12.1. The summed E-state index contributed by atoms with van der Waals surface area (Å²) in [6.45, 7) is 2.57. The van der Waals surface area contributed by atoms with Crippen LogP contribution in [0.2, 0.25) is 0 Å². The lowest BCUT2D eigenvalue weighted by Gasteiger charge is -2.17. The fourth-order valence-corrected chi connectivity index (χ4v) is 1.92. The van der Waals surface area contributed by atoms with E-state index in [-0.39, 0.29) is 11.8 Å². The first kappa shape index (κ1) is 11.0. The SMILES string of the molecule is CCCC[C@H]1COc2[nH]ncc2N(C)C1=O. The van der Waals surface area contributed by atoms with E-state index in [1.165, 1.54) is 0 Å². The van der Waals surface area contributed by atoms with E-state index in [2.05, 4.69) is 17.1 Å². The van der Waals surface area contributed by atoms with Crippen molar-refractivity contribution in [2.45, 2.75) is 26.2 Å². The van der Waals surface area contributed by atoms with Crippen LogP contribution in [0, 0.1) is 5.92 Å².